The number of nitrogens with zero attached hydrogens (tertiary/aromatic N) is 1. The van der Waals surface area contributed by atoms with Crippen LogP contribution in [0.25, 0.3) is 0 Å². The van der Waals surface area contributed by atoms with E-state index in [9.17, 15) is 21.6 Å². The Kier molecular flexibility index (Phi) is 6.17. The zero-order valence-corrected chi connectivity index (χ0v) is 18.1. The van der Waals surface area contributed by atoms with Crippen LogP contribution in [-0.4, -0.2) is 44.9 Å². The number of thiol groups is 1. The van der Waals surface area contributed by atoms with Crippen LogP contribution in [0.15, 0.2) is 50.9 Å². The van der Waals surface area contributed by atoms with Crippen molar-refractivity contribution < 1.29 is 21.6 Å². The number of carbonyl (C=O) groups is 1. The monoisotopic (exact) mass is 461 g/mol. The second-order valence-electron chi connectivity index (χ2n) is 6.32. The first-order valence-corrected chi connectivity index (χ1v) is 12.5. The third kappa shape index (κ3) is 4.42. The highest BCUT2D eigenvalue weighted by Gasteiger charge is 2.43. The highest BCUT2D eigenvalue weighted by Crippen LogP contribution is 2.30. The number of hydrogen-bond donors (Lipinski definition) is 3. The number of carbonyl (C=O) groups excluding carboxylic acids is 1. The molecule has 0 unspecified atom stereocenters. The van der Waals surface area contributed by atoms with E-state index in [-0.39, 0.29) is 27.3 Å². The van der Waals surface area contributed by atoms with Gasteiger partial charge in [0.1, 0.15) is 10.3 Å². The Morgan fingerprint density at radius 2 is 1.86 bits per heavy atom. The molecule has 1 aromatic carbocycles. The molecule has 0 aliphatic carbocycles. The normalized spacial score (nSPS) is 20.9. The average Bonchev–Trinajstić information content (AvgIpc) is 3.30. The van der Waals surface area contributed by atoms with Gasteiger partial charge in [0.25, 0.3) is 26.0 Å². The lowest BCUT2D eigenvalue weighted by Crippen LogP contribution is -2.51. The van der Waals surface area contributed by atoms with Crippen molar-refractivity contribution in [1.82, 2.24) is 14.6 Å². The molecule has 1 aliphatic rings. The maximum Gasteiger partial charge on any atom is 0.257 e. The van der Waals surface area contributed by atoms with Crippen LogP contribution in [0.3, 0.4) is 0 Å². The summed E-state index contributed by atoms with van der Waals surface area (Å²) in [5, 5.41) is 1.30. The van der Waals surface area contributed by atoms with Crippen LogP contribution in [0.2, 0.25) is 0 Å². The standard InChI is InChI=1S/C16H19N3O5S4/c1-11-4-6-13(7-5-11)27(21,22)18-17-16(20)14-9-12(25)10-19(14)28(23,24)15-3-2-8-26-15/h2-8,12,14,18,25H,9-10H2,1H3,(H,17,20)/t12-,14+/m1/s1. The van der Waals surface area contributed by atoms with E-state index in [0.29, 0.717) is 0 Å². The molecule has 2 atom stereocenters. The fourth-order valence-electron chi connectivity index (χ4n) is 2.79. The lowest BCUT2D eigenvalue weighted by Gasteiger charge is -2.22. The van der Waals surface area contributed by atoms with Gasteiger partial charge >= 0.3 is 0 Å². The number of amides is 1. The molecule has 1 aromatic heterocycles. The van der Waals surface area contributed by atoms with Crippen molar-refractivity contribution in [3.63, 3.8) is 0 Å². The van der Waals surface area contributed by atoms with E-state index < -0.39 is 32.0 Å². The first-order valence-electron chi connectivity index (χ1n) is 8.23. The van der Waals surface area contributed by atoms with Gasteiger partial charge in [-0.15, -0.1) is 16.2 Å². The van der Waals surface area contributed by atoms with Gasteiger partial charge in [-0.3, -0.25) is 10.2 Å². The Morgan fingerprint density at radius 3 is 2.46 bits per heavy atom. The molecule has 0 saturated carbocycles. The van der Waals surface area contributed by atoms with Gasteiger partial charge in [-0.05, 0) is 36.9 Å². The van der Waals surface area contributed by atoms with Crippen LogP contribution >= 0.6 is 24.0 Å². The smallest absolute Gasteiger partial charge is 0.257 e. The van der Waals surface area contributed by atoms with E-state index in [0.717, 1.165) is 21.2 Å². The van der Waals surface area contributed by atoms with Crippen molar-refractivity contribution in [3.05, 3.63) is 47.3 Å². The lowest BCUT2D eigenvalue weighted by atomic mass is 10.2. The molecule has 1 saturated heterocycles. The zero-order valence-electron chi connectivity index (χ0n) is 14.8. The highest BCUT2D eigenvalue weighted by molar-refractivity contribution is 7.91. The molecule has 1 amide bonds. The molecule has 0 bridgehead atoms. The number of aryl methyl sites for hydroxylation is 1. The van der Waals surface area contributed by atoms with Gasteiger partial charge in [0.15, 0.2) is 0 Å². The molecule has 2 heterocycles. The van der Waals surface area contributed by atoms with Crippen molar-refractivity contribution in [1.29, 1.82) is 0 Å². The van der Waals surface area contributed by atoms with Crippen molar-refractivity contribution in [2.45, 2.75) is 33.7 Å². The van der Waals surface area contributed by atoms with E-state index in [1.165, 1.54) is 18.2 Å². The van der Waals surface area contributed by atoms with Crippen molar-refractivity contribution in [2.75, 3.05) is 6.54 Å². The second-order valence-corrected chi connectivity index (χ2v) is 11.8. The summed E-state index contributed by atoms with van der Waals surface area (Å²) in [5.74, 6) is -0.757. The van der Waals surface area contributed by atoms with Gasteiger partial charge < -0.3 is 0 Å². The van der Waals surface area contributed by atoms with Crippen LogP contribution in [0.5, 0.6) is 0 Å². The Hall–Kier alpha value is -1.44. The summed E-state index contributed by atoms with van der Waals surface area (Å²) in [6, 6.07) is 8.10. The topological polar surface area (TPSA) is 113 Å². The molecule has 2 N–H and O–H groups in total. The van der Waals surface area contributed by atoms with Gasteiger partial charge in [0.05, 0.1) is 4.90 Å². The van der Waals surface area contributed by atoms with E-state index in [1.807, 2.05) is 11.8 Å². The fourth-order valence-corrected chi connectivity index (χ4v) is 6.89. The Bertz CT molecular complexity index is 1050. The lowest BCUT2D eigenvalue weighted by molar-refractivity contribution is -0.124. The predicted molar refractivity (Wildman–Crippen MR) is 109 cm³/mol. The summed E-state index contributed by atoms with van der Waals surface area (Å²) in [4.78, 5) is 14.6. The molecule has 2 aromatic rings. The minimum absolute atomic E-state index is 0.0139. The molecule has 152 valence electrons. The minimum atomic E-state index is -3.98. The van der Waals surface area contributed by atoms with E-state index >= 15 is 0 Å². The zero-order chi connectivity index (χ0) is 20.5. The van der Waals surface area contributed by atoms with Gasteiger partial charge in [-0.1, -0.05) is 23.8 Å². The van der Waals surface area contributed by atoms with Crippen LogP contribution in [0, 0.1) is 6.92 Å². The Balaban J connectivity index is 1.75. The second kappa shape index (κ2) is 8.13. The summed E-state index contributed by atoms with van der Waals surface area (Å²) in [7, 11) is -7.85. The Labute approximate surface area is 173 Å². The molecule has 0 spiro atoms. The number of hydrazine groups is 1. The number of hydrogen-bond acceptors (Lipinski definition) is 7. The molecule has 8 nitrogen and oxygen atoms in total. The molecule has 12 heteroatoms. The van der Waals surface area contributed by atoms with E-state index in [1.54, 1.807) is 23.6 Å². The summed E-state index contributed by atoms with van der Waals surface area (Å²) in [6.07, 6.45) is 0.172. The number of thiophene rings is 1. The van der Waals surface area contributed by atoms with Gasteiger partial charge in [0.2, 0.25) is 0 Å². The van der Waals surface area contributed by atoms with Crippen LogP contribution in [0.4, 0.5) is 0 Å². The quantitative estimate of drug-likeness (QED) is 0.441. The summed E-state index contributed by atoms with van der Waals surface area (Å²) in [6.45, 7) is 1.88. The van der Waals surface area contributed by atoms with Crippen LogP contribution in [0.1, 0.15) is 12.0 Å². The van der Waals surface area contributed by atoms with Gasteiger partial charge in [0, 0.05) is 11.8 Å². The average molecular weight is 462 g/mol. The number of benzene rings is 1. The van der Waals surface area contributed by atoms with E-state index in [4.69, 9.17) is 0 Å². The highest BCUT2D eigenvalue weighted by atomic mass is 32.2. The predicted octanol–water partition coefficient (Wildman–Crippen LogP) is 1.13. The number of sulfonamides is 2. The van der Waals surface area contributed by atoms with Crippen molar-refractivity contribution >= 4 is 49.9 Å². The minimum Gasteiger partial charge on any atom is -0.276 e. The Morgan fingerprint density at radius 1 is 1.18 bits per heavy atom. The summed E-state index contributed by atoms with van der Waals surface area (Å²) < 4.78 is 51.4. The fraction of sp³-hybridized carbons (Fsp3) is 0.312. The van der Waals surface area contributed by atoms with Gasteiger partial charge in [-0.2, -0.15) is 16.9 Å². The maximum absolute atomic E-state index is 12.8. The van der Waals surface area contributed by atoms with Crippen molar-refractivity contribution in [3.8, 4) is 0 Å². The van der Waals surface area contributed by atoms with Gasteiger partial charge in [-0.25, -0.2) is 16.8 Å². The van der Waals surface area contributed by atoms with Crippen molar-refractivity contribution in [2.24, 2.45) is 0 Å². The molecule has 3 rings (SSSR count). The third-order valence-electron chi connectivity index (χ3n) is 4.23. The number of rotatable bonds is 6. The number of nitrogens with one attached hydrogen (secondary N) is 2. The largest absolute Gasteiger partial charge is 0.276 e. The van der Waals surface area contributed by atoms with Crippen LogP contribution < -0.4 is 10.3 Å². The van der Waals surface area contributed by atoms with Crippen LogP contribution in [-0.2, 0) is 24.8 Å². The van der Waals surface area contributed by atoms with E-state index in [2.05, 4.69) is 18.1 Å². The summed E-state index contributed by atoms with van der Waals surface area (Å²) in [5.41, 5.74) is 3.02. The summed E-state index contributed by atoms with van der Waals surface area (Å²) >= 11 is 5.36. The molecule has 0 radical (unpaired) electrons. The first kappa shape index (κ1) is 21.3. The molecule has 28 heavy (non-hydrogen) atoms. The third-order valence-corrected chi connectivity index (χ3v) is 9.12. The first-order chi connectivity index (χ1) is 13.1. The molecular formula is C16H19N3O5S4. The molecular weight excluding hydrogens is 442 g/mol. The molecule has 1 fully saturated rings. The SMILES string of the molecule is Cc1ccc(S(=O)(=O)NNC(=O)[C@@H]2C[C@@H](S)CN2S(=O)(=O)c2cccs2)cc1. The molecule has 1 aliphatic heterocycles. The maximum atomic E-state index is 12.8.